The van der Waals surface area contributed by atoms with E-state index in [9.17, 15) is 13.6 Å². The molecular weight excluding hydrogens is 188 g/mol. The van der Waals surface area contributed by atoms with E-state index in [-0.39, 0.29) is 0 Å². The lowest BCUT2D eigenvalue weighted by Crippen LogP contribution is -2.20. The molecular formula is C10H9F2NO. The quantitative estimate of drug-likeness (QED) is 0.773. The van der Waals surface area contributed by atoms with E-state index in [1.807, 2.05) is 0 Å². The van der Waals surface area contributed by atoms with Gasteiger partial charge in [0.25, 0.3) is 5.91 Å². The van der Waals surface area contributed by atoms with Gasteiger partial charge in [0.05, 0.1) is 0 Å². The minimum absolute atomic E-state index is 0.564. The van der Waals surface area contributed by atoms with Crippen LogP contribution in [0.25, 0.3) is 0 Å². The molecule has 0 aromatic heterocycles. The van der Waals surface area contributed by atoms with E-state index in [1.165, 1.54) is 12.3 Å². The third-order valence-electron chi connectivity index (χ3n) is 1.57. The molecule has 0 aliphatic heterocycles. The van der Waals surface area contributed by atoms with Gasteiger partial charge in [0.15, 0.2) is 0 Å². The van der Waals surface area contributed by atoms with E-state index in [1.54, 1.807) is 13.0 Å². The van der Waals surface area contributed by atoms with E-state index in [4.69, 9.17) is 0 Å². The van der Waals surface area contributed by atoms with Gasteiger partial charge < -0.3 is 5.32 Å². The molecule has 0 radical (unpaired) electrons. The van der Waals surface area contributed by atoms with Gasteiger partial charge in [0.2, 0.25) is 0 Å². The smallest absolute Gasteiger partial charge is 0.261 e. The van der Waals surface area contributed by atoms with E-state index >= 15 is 0 Å². The Hall–Kier alpha value is -1.71. The molecule has 1 aromatic rings. The number of hydrogen-bond donors (Lipinski definition) is 1. The number of hydrogen-bond acceptors (Lipinski definition) is 1. The molecule has 0 heterocycles. The first kappa shape index (κ1) is 10.4. The highest BCUT2D eigenvalue weighted by atomic mass is 19.1. The maximum atomic E-state index is 13.0. The normalized spacial score (nSPS) is 10.5. The Balaban J connectivity index is 3.00. The van der Waals surface area contributed by atoms with Gasteiger partial charge in [-0.25, -0.2) is 8.78 Å². The second-order valence-electron chi connectivity index (χ2n) is 2.57. The number of rotatable bonds is 2. The predicted molar refractivity (Wildman–Crippen MR) is 48.6 cm³/mol. The molecule has 0 fully saturated rings. The molecule has 1 aromatic carbocycles. The predicted octanol–water partition coefficient (Wildman–Crippen LogP) is 2.23. The molecule has 2 nitrogen and oxygen atoms in total. The lowest BCUT2D eigenvalue weighted by molar-refractivity contribution is 0.0962. The van der Waals surface area contributed by atoms with Crippen LogP contribution in [0.5, 0.6) is 0 Å². The van der Waals surface area contributed by atoms with Crippen LogP contribution >= 0.6 is 0 Å². The second kappa shape index (κ2) is 4.50. The maximum Gasteiger partial charge on any atom is 0.261 e. The van der Waals surface area contributed by atoms with Crippen LogP contribution in [-0.4, -0.2) is 5.91 Å². The number of benzene rings is 1. The minimum atomic E-state index is -0.869. The monoisotopic (exact) mass is 197 g/mol. The number of nitrogens with one attached hydrogen (secondary N) is 1. The van der Waals surface area contributed by atoms with Crippen LogP contribution in [0.3, 0.4) is 0 Å². The van der Waals surface area contributed by atoms with Gasteiger partial charge in [0.1, 0.15) is 17.2 Å². The molecule has 14 heavy (non-hydrogen) atoms. The average molecular weight is 197 g/mol. The number of halogens is 2. The van der Waals surface area contributed by atoms with Gasteiger partial charge in [-0.15, -0.1) is 0 Å². The second-order valence-corrected chi connectivity index (χ2v) is 2.57. The van der Waals surface area contributed by atoms with Crippen molar-refractivity contribution in [1.29, 1.82) is 0 Å². The van der Waals surface area contributed by atoms with Crippen LogP contribution in [0.2, 0.25) is 0 Å². The zero-order valence-corrected chi connectivity index (χ0v) is 7.55. The average Bonchev–Trinajstić information content (AvgIpc) is 2.14. The van der Waals surface area contributed by atoms with E-state index < -0.39 is 23.1 Å². The Labute approximate surface area is 80.2 Å². The molecule has 0 unspecified atom stereocenters. The SMILES string of the molecule is C/C=C\NC(=O)c1c(F)cccc1F. The summed E-state index contributed by atoms with van der Waals surface area (Å²) in [5.41, 5.74) is -0.564. The molecule has 4 heteroatoms. The molecule has 0 spiro atoms. The summed E-state index contributed by atoms with van der Waals surface area (Å²) in [5, 5.41) is 2.23. The van der Waals surface area contributed by atoms with Gasteiger partial charge in [0, 0.05) is 0 Å². The number of carbonyl (C=O) groups excluding carboxylic acids is 1. The van der Waals surface area contributed by atoms with Gasteiger partial charge in [-0.05, 0) is 25.3 Å². The van der Waals surface area contributed by atoms with E-state index in [0.717, 1.165) is 12.1 Å². The van der Waals surface area contributed by atoms with E-state index in [0.29, 0.717) is 0 Å². The van der Waals surface area contributed by atoms with Crippen LogP contribution in [0.4, 0.5) is 8.78 Å². The molecule has 0 atom stereocenters. The molecule has 0 bridgehead atoms. The zero-order valence-electron chi connectivity index (χ0n) is 7.55. The van der Waals surface area contributed by atoms with Crippen LogP contribution in [0.1, 0.15) is 17.3 Å². The van der Waals surface area contributed by atoms with Crippen LogP contribution in [0.15, 0.2) is 30.5 Å². The molecule has 74 valence electrons. The highest BCUT2D eigenvalue weighted by Crippen LogP contribution is 2.11. The molecule has 0 aliphatic carbocycles. The van der Waals surface area contributed by atoms with Crippen molar-refractivity contribution in [2.45, 2.75) is 6.92 Å². The highest BCUT2D eigenvalue weighted by molar-refractivity contribution is 5.95. The number of allylic oxidation sites excluding steroid dienone is 1. The summed E-state index contributed by atoms with van der Waals surface area (Å²) >= 11 is 0. The first-order valence-electron chi connectivity index (χ1n) is 4.03. The van der Waals surface area contributed by atoms with Crippen molar-refractivity contribution in [1.82, 2.24) is 5.32 Å². The fraction of sp³-hybridized carbons (Fsp3) is 0.100. The summed E-state index contributed by atoms with van der Waals surface area (Å²) in [6, 6.07) is 3.28. The van der Waals surface area contributed by atoms with Crippen molar-refractivity contribution in [3.8, 4) is 0 Å². The van der Waals surface area contributed by atoms with Gasteiger partial charge >= 0.3 is 0 Å². The Morgan fingerprint density at radius 2 is 1.93 bits per heavy atom. The molecule has 0 aliphatic rings. The molecule has 1 amide bonds. The highest BCUT2D eigenvalue weighted by Gasteiger charge is 2.15. The lowest BCUT2D eigenvalue weighted by Gasteiger charge is -2.02. The van der Waals surface area contributed by atoms with Crippen molar-refractivity contribution in [2.24, 2.45) is 0 Å². The largest absolute Gasteiger partial charge is 0.329 e. The summed E-state index contributed by atoms with van der Waals surface area (Å²) in [6.45, 7) is 1.68. The summed E-state index contributed by atoms with van der Waals surface area (Å²) in [4.78, 5) is 11.2. The molecule has 0 saturated heterocycles. The zero-order chi connectivity index (χ0) is 10.6. The van der Waals surface area contributed by atoms with Gasteiger partial charge in [-0.1, -0.05) is 12.1 Å². The summed E-state index contributed by atoms with van der Waals surface area (Å²) in [5.74, 6) is -2.53. The molecule has 0 saturated carbocycles. The summed E-state index contributed by atoms with van der Waals surface area (Å²) in [6.07, 6.45) is 2.87. The maximum absolute atomic E-state index is 13.0. The van der Waals surface area contributed by atoms with Crippen molar-refractivity contribution in [3.63, 3.8) is 0 Å². The van der Waals surface area contributed by atoms with Crippen LogP contribution in [0, 0.1) is 11.6 Å². The van der Waals surface area contributed by atoms with Crippen molar-refractivity contribution in [2.75, 3.05) is 0 Å². The summed E-state index contributed by atoms with van der Waals surface area (Å²) in [7, 11) is 0. The van der Waals surface area contributed by atoms with Crippen molar-refractivity contribution in [3.05, 3.63) is 47.7 Å². The Morgan fingerprint density at radius 3 is 2.43 bits per heavy atom. The first-order valence-corrected chi connectivity index (χ1v) is 4.03. The third-order valence-corrected chi connectivity index (χ3v) is 1.57. The molecule has 1 N–H and O–H groups in total. The van der Waals surface area contributed by atoms with Crippen molar-refractivity contribution < 1.29 is 13.6 Å². The number of carbonyl (C=O) groups is 1. The fourth-order valence-electron chi connectivity index (χ4n) is 0.946. The van der Waals surface area contributed by atoms with Crippen molar-refractivity contribution >= 4 is 5.91 Å². The third kappa shape index (κ3) is 2.16. The lowest BCUT2D eigenvalue weighted by atomic mass is 10.2. The standard InChI is InChI=1S/C10H9F2NO/c1-2-6-13-10(14)9-7(11)4-3-5-8(9)12/h2-6H,1H3,(H,13,14)/b6-2-. The Kier molecular flexibility index (Phi) is 3.34. The minimum Gasteiger partial charge on any atom is -0.329 e. The fourth-order valence-corrected chi connectivity index (χ4v) is 0.946. The van der Waals surface area contributed by atoms with Gasteiger partial charge in [-0.3, -0.25) is 4.79 Å². The summed E-state index contributed by atoms with van der Waals surface area (Å²) < 4.78 is 26.0. The number of amides is 1. The first-order chi connectivity index (χ1) is 6.66. The van der Waals surface area contributed by atoms with Crippen LogP contribution in [-0.2, 0) is 0 Å². The Bertz CT molecular complexity index is 354. The topological polar surface area (TPSA) is 29.1 Å². The van der Waals surface area contributed by atoms with Crippen LogP contribution < -0.4 is 5.32 Å². The van der Waals surface area contributed by atoms with Gasteiger partial charge in [-0.2, -0.15) is 0 Å². The van der Waals surface area contributed by atoms with E-state index in [2.05, 4.69) is 5.32 Å². The Morgan fingerprint density at radius 1 is 1.36 bits per heavy atom. The molecule has 1 rings (SSSR count).